The molecule has 11 aromatic rings. The molecular formula is C58H39NO. The van der Waals surface area contributed by atoms with Crippen LogP contribution in [-0.4, -0.2) is 0 Å². The highest BCUT2D eigenvalue weighted by Crippen LogP contribution is 2.40. The molecule has 1 heterocycles. The van der Waals surface area contributed by atoms with Crippen LogP contribution in [0.5, 0.6) is 0 Å². The van der Waals surface area contributed by atoms with E-state index < -0.39 is 0 Å². The van der Waals surface area contributed by atoms with Gasteiger partial charge in [0.1, 0.15) is 11.2 Å². The van der Waals surface area contributed by atoms with Gasteiger partial charge in [-0.2, -0.15) is 0 Å². The highest BCUT2D eigenvalue weighted by molar-refractivity contribution is 6.10. The van der Waals surface area contributed by atoms with Crippen molar-refractivity contribution in [2.45, 2.75) is 0 Å². The van der Waals surface area contributed by atoms with Crippen LogP contribution >= 0.6 is 0 Å². The van der Waals surface area contributed by atoms with E-state index in [0.29, 0.717) is 0 Å². The van der Waals surface area contributed by atoms with Gasteiger partial charge in [0.25, 0.3) is 0 Å². The molecule has 0 atom stereocenters. The monoisotopic (exact) mass is 765 g/mol. The van der Waals surface area contributed by atoms with Crippen molar-refractivity contribution >= 4 is 49.8 Å². The van der Waals surface area contributed by atoms with Crippen molar-refractivity contribution in [3.63, 3.8) is 0 Å². The number of furan rings is 1. The second kappa shape index (κ2) is 15.1. The molecule has 0 unspecified atom stereocenters. The van der Waals surface area contributed by atoms with Gasteiger partial charge < -0.3 is 9.32 Å². The summed E-state index contributed by atoms with van der Waals surface area (Å²) in [7, 11) is 0. The Balaban J connectivity index is 0.942. The van der Waals surface area contributed by atoms with Crippen molar-refractivity contribution in [3.8, 4) is 55.6 Å². The molecule has 2 nitrogen and oxygen atoms in total. The Hall–Kier alpha value is -7.94. The van der Waals surface area contributed by atoms with Gasteiger partial charge in [0.2, 0.25) is 0 Å². The van der Waals surface area contributed by atoms with Crippen LogP contribution in [0.15, 0.2) is 241 Å². The van der Waals surface area contributed by atoms with Crippen LogP contribution in [0.1, 0.15) is 0 Å². The Morgan fingerprint density at radius 1 is 0.233 bits per heavy atom. The lowest BCUT2D eigenvalue weighted by molar-refractivity contribution is 0.669. The summed E-state index contributed by atoms with van der Waals surface area (Å²) in [5, 5.41) is 4.66. The number of fused-ring (bicyclic) bond motifs is 4. The van der Waals surface area contributed by atoms with Gasteiger partial charge in [0.05, 0.1) is 0 Å². The summed E-state index contributed by atoms with van der Waals surface area (Å²) < 4.78 is 6.24. The minimum atomic E-state index is 0.913. The first-order valence-corrected chi connectivity index (χ1v) is 20.5. The summed E-state index contributed by atoms with van der Waals surface area (Å²) in [5.41, 5.74) is 17.0. The molecule has 11 rings (SSSR count). The van der Waals surface area contributed by atoms with E-state index in [0.717, 1.165) is 50.0 Å². The van der Waals surface area contributed by atoms with Crippen molar-refractivity contribution in [1.29, 1.82) is 0 Å². The fraction of sp³-hybridized carbons (Fsp3) is 0. The average molecular weight is 766 g/mol. The molecule has 0 aliphatic heterocycles. The zero-order valence-electron chi connectivity index (χ0n) is 32.9. The predicted octanol–water partition coefficient (Wildman–Crippen LogP) is 16.5. The highest BCUT2D eigenvalue weighted by atomic mass is 16.3. The van der Waals surface area contributed by atoms with E-state index in [1.165, 1.54) is 55.5 Å². The molecule has 2 heteroatoms. The Kier molecular flexibility index (Phi) is 8.87. The van der Waals surface area contributed by atoms with E-state index in [1.807, 2.05) is 12.1 Å². The van der Waals surface area contributed by atoms with Gasteiger partial charge in [-0.05, 0) is 127 Å². The molecule has 0 bridgehead atoms. The lowest BCUT2D eigenvalue weighted by atomic mass is 9.98. The largest absolute Gasteiger partial charge is 0.456 e. The molecule has 0 fully saturated rings. The standard InChI is InChI=1S/C58H39NO/c1-3-10-40(11-4-1)42-18-20-44(21-19-42)45-28-32-52(33-29-45)59(54-15-9-14-48(37-54)46-24-22-43(23-25-46)41-12-5-2-6-13-41)53-34-30-47(31-35-53)49-26-27-50-38-56-55-16-7-8-17-57(55)60-58(56)39-51(50)36-49/h1-39H. The summed E-state index contributed by atoms with van der Waals surface area (Å²) in [6, 6.07) is 84.9. The van der Waals surface area contributed by atoms with E-state index in [4.69, 9.17) is 4.42 Å². The number of rotatable bonds is 8. The molecule has 0 aliphatic carbocycles. The van der Waals surface area contributed by atoms with Crippen LogP contribution in [0.2, 0.25) is 0 Å². The van der Waals surface area contributed by atoms with Crippen LogP contribution in [0.25, 0.3) is 88.3 Å². The molecule has 60 heavy (non-hydrogen) atoms. The highest BCUT2D eigenvalue weighted by Gasteiger charge is 2.16. The van der Waals surface area contributed by atoms with Gasteiger partial charge in [-0.25, -0.2) is 0 Å². The Bertz CT molecular complexity index is 3260. The SMILES string of the molecule is c1ccc(-c2ccc(-c3ccc(N(c4ccc(-c5ccc6cc7c(cc6c5)oc5ccccc57)cc4)c4cccc(-c5ccc(-c6ccccc6)cc5)c4)cc3)cc2)cc1. The summed E-state index contributed by atoms with van der Waals surface area (Å²) in [6.07, 6.45) is 0. The minimum absolute atomic E-state index is 0.913. The molecule has 0 N–H and O–H groups in total. The normalized spacial score (nSPS) is 11.3. The molecule has 282 valence electrons. The van der Waals surface area contributed by atoms with Crippen molar-refractivity contribution in [2.24, 2.45) is 0 Å². The van der Waals surface area contributed by atoms with Gasteiger partial charge in [-0.3, -0.25) is 0 Å². The van der Waals surface area contributed by atoms with Gasteiger partial charge in [0, 0.05) is 27.8 Å². The van der Waals surface area contributed by atoms with Gasteiger partial charge in [-0.1, -0.05) is 176 Å². The second-order valence-electron chi connectivity index (χ2n) is 15.4. The van der Waals surface area contributed by atoms with Crippen molar-refractivity contribution in [1.82, 2.24) is 0 Å². The van der Waals surface area contributed by atoms with E-state index in [2.05, 4.69) is 229 Å². The fourth-order valence-electron chi connectivity index (χ4n) is 8.50. The maximum Gasteiger partial charge on any atom is 0.136 e. The third-order valence-electron chi connectivity index (χ3n) is 11.7. The van der Waals surface area contributed by atoms with Crippen LogP contribution in [0, 0.1) is 0 Å². The first kappa shape index (κ1) is 35.2. The maximum atomic E-state index is 6.24. The number of nitrogens with zero attached hydrogens (tertiary/aromatic N) is 1. The first-order chi connectivity index (χ1) is 29.7. The predicted molar refractivity (Wildman–Crippen MR) is 253 cm³/mol. The zero-order chi connectivity index (χ0) is 39.8. The Morgan fingerprint density at radius 2 is 0.667 bits per heavy atom. The molecule has 1 aromatic heterocycles. The van der Waals surface area contributed by atoms with E-state index in [-0.39, 0.29) is 0 Å². The minimum Gasteiger partial charge on any atom is -0.456 e. The van der Waals surface area contributed by atoms with Gasteiger partial charge in [0.15, 0.2) is 0 Å². The summed E-state index contributed by atoms with van der Waals surface area (Å²) in [6.45, 7) is 0. The van der Waals surface area contributed by atoms with Gasteiger partial charge >= 0.3 is 0 Å². The van der Waals surface area contributed by atoms with Gasteiger partial charge in [-0.15, -0.1) is 0 Å². The molecule has 0 aliphatic rings. The van der Waals surface area contributed by atoms with E-state index in [9.17, 15) is 0 Å². The summed E-state index contributed by atoms with van der Waals surface area (Å²) >= 11 is 0. The zero-order valence-corrected chi connectivity index (χ0v) is 32.9. The molecule has 0 saturated carbocycles. The maximum absolute atomic E-state index is 6.24. The Morgan fingerprint density at radius 3 is 1.23 bits per heavy atom. The molecule has 0 spiro atoms. The third-order valence-corrected chi connectivity index (χ3v) is 11.7. The number of anilines is 3. The lowest BCUT2D eigenvalue weighted by Crippen LogP contribution is -2.10. The summed E-state index contributed by atoms with van der Waals surface area (Å²) in [5.74, 6) is 0. The van der Waals surface area contributed by atoms with Crippen LogP contribution in [0.3, 0.4) is 0 Å². The quantitative estimate of drug-likeness (QED) is 0.153. The second-order valence-corrected chi connectivity index (χ2v) is 15.4. The van der Waals surface area contributed by atoms with Crippen molar-refractivity contribution in [2.75, 3.05) is 4.90 Å². The summed E-state index contributed by atoms with van der Waals surface area (Å²) in [4.78, 5) is 2.35. The van der Waals surface area contributed by atoms with E-state index >= 15 is 0 Å². The lowest BCUT2D eigenvalue weighted by Gasteiger charge is -2.26. The molecule has 0 radical (unpaired) electrons. The fourth-order valence-corrected chi connectivity index (χ4v) is 8.50. The number of hydrogen-bond acceptors (Lipinski definition) is 2. The van der Waals surface area contributed by atoms with E-state index in [1.54, 1.807) is 0 Å². The van der Waals surface area contributed by atoms with Crippen LogP contribution < -0.4 is 4.90 Å². The number of para-hydroxylation sites is 1. The molecular weight excluding hydrogens is 727 g/mol. The average Bonchev–Trinajstić information content (AvgIpc) is 3.69. The first-order valence-electron chi connectivity index (χ1n) is 20.5. The molecule has 10 aromatic carbocycles. The molecule has 0 saturated heterocycles. The van der Waals surface area contributed by atoms with Crippen molar-refractivity contribution in [3.05, 3.63) is 237 Å². The van der Waals surface area contributed by atoms with Crippen LogP contribution in [-0.2, 0) is 0 Å². The van der Waals surface area contributed by atoms with Crippen molar-refractivity contribution < 1.29 is 4.42 Å². The smallest absolute Gasteiger partial charge is 0.136 e. The third kappa shape index (κ3) is 6.70. The number of benzene rings is 10. The molecule has 0 amide bonds. The topological polar surface area (TPSA) is 16.4 Å². The number of hydrogen-bond donors (Lipinski definition) is 0. The Labute approximate surface area is 349 Å². The van der Waals surface area contributed by atoms with Crippen LogP contribution in [0.4, 0.5) is 17.1 Å².